The maximum absolute atomic E-state index is 5.16. The van der Waals surface area contributed by atoms with Crippen LogP contribution in [0.1, 0.15) is 38.5 Å². The van der Waals surface area contributed by atoms with Gasteiger partial charge in [-0.15, -0.1) is 0 Å². The number of hydrogen-bond acceptors (Lipinski definition) is 1. The van der Waals surface area contributed by atoms with Gasteiger partial charge in [-0.3, -0.25) is 0 Å². The zero-order valence-electron chi connectivity index (χ0n) is 7.88. The molecule has 2 saturated carbocycles. The Morgan fingerprint density at radius 2 is 1.58 bits per heavy atom. The van der Waals surface area contributed by atoms with Gasteiger partial charge in [0.1, 0.15) is 0 Å². The first-order valence-corrected chi connectivity index (χ1v) is 5.14. The predicted molar refractivity (Wildman–Crippen MR) is 49.8 cm³/mol. The van der Waals surface area contributed by atoms with Crippen LogP contribution in [0.25, 0.3) is 0 Å². The third-order valence-electron chi connectivity index (χ3n) is 3.41. The van der Waals surface area contributed by atoms with E-state index in [1.54, 1.807) is 12.7 Å². The van der Waals surface area contributed by atoms with Crippen LogP contribution >= 0.6 is 0 Å². The molecule has 0 aromatic heterocycles. The number of ether oxygens (including phenoxy) is 1. The van der Waals surface area contributed by atoms with Crippen LogP contribution in [0, 0.1) is 11.8 Å². The molecule has 0 spiro atoms. The molecule has 1 heteroatoms. The lowest BCUT2D eigenvalue weighted by atomic mass is 9.69. The van der Waals surface area contributed by atoms with E-state index in [-0.39, 0.29) is 0 Å². The topological polar surface area (TPSA) is 9.23 Å². The van der Waals surface area contributed by atoms with Crippen molar-refractivity contribution >= 4 is 0 Å². The van der Waals surface area contributed by atoms with Gasteiger partial charge in [0.25, 0.3) is 0 Å². The fraction of sp³-hybridized carbons (Fsp3) is 0.818. The monoisotopic (exact) mass is 166 g/mol. The van der Waals surface area contributed by atoms with E-state index in [4.69, 9.17) is 4.74 Å². The molecule has 2 rings (SSSR count). The fourth-order valence-corrected chi connectivity index (χ4v) is 2.15. The minimum Gasteiger partial charge on any atom is -0.504 e. The lowest BCUT2D eigenvalue weighted by Crippen LogP contribution is -2.24. The van der Waals surface area contributed by atoms with Crippen LogP contribution in [-0.2, 0) is 4.74 Å². The third kappa shape index (κ3) is 1.37. The quantitative estimate of drug-likeness (QED) is 0.585. The lowest BCUT2D eigenvalue weighted by Gasteiger charge is -2.36. The van der Waals surface area contributed by atoms with E-state index in [2.05, 4.69) is 0 Å². The molecule has 0 unspecified atom stereocenters. The first-order chi connectivity index (χ1) is 5.92. The summed E-state index contributed by atoms with van der Waals surface area (Å²) in [7, 11) is 1.78. The Kier molecular flexibility index (Phi) is 2.38. The summed E-state index contributed by atoms with van der Waals surface area (Å²) in [5, 5.41) is 0. The highest BCUT2D eigenvalue weighted by atomic mass is 16.5. The van der Waals surface area contributed by atoms with Crippen LogP contribution in [0.15, 0.2) is 11.8 Å². The van der Waals surface area contributed by atoms with Gasteiger partial charge in [-0.1, -0.05) is 12.8 Å². The standard InChI is InChI=1S/C11H18O/c1-12-8-11(9-4-2-5-9)10-6-3-7-10/h8-10H,2-7H2,1H3. The van der Waals surface area contributed by atoms with Gasteiger partial charge in [0.15, 0.2) is 0 Å². The van der Waals surface area contributed by atoms with Crippen LogP contribution in [0.5, 0.6) is 0 Å². The fourth-order valence-electron chi connectivity index (χ4n) is 2.15. The average molecular weight is 166 g/mol. The van der Waals surface area contributed by atoms with Crippen molar-refractivity contribution in [3.05, 3.63) is 11.8 Å². The molecule has 0 aliphatic heterocycles. The summed E-state index contributed by atoms with van der Waals surface area (Å²) in [5.74, 6) is 1.77. The van der Waals surface area contributed by atoms with Crippen molar-refractivity contribution in [2.45, 2.75) is 38.5 Å². The summed E-state index contributed by atoms with van der Waals surface area (Å²) in [6, 6.07) is 0. The number of methoxy groups -OCH3 is 1. The SMILES string of the molecule is COC=C(C1CCC1)C1CCC1. The molecule has 2 fully saturated rings. The second kappa shape index (κ2) is 3.51. The molecule has 0 aromatic carbocycles. The molecular weight excluding hydrogens is 148 g/mol. The molecule has 2 aliphatic rings. The van der Waals surface area contributed by atoms with Gasteiger partial charge in [-0.25, -0.2) is 0 Å². The van der Waals surface area contributed by atoms with Gasteiger partial charge in [-0.2, -0.15) is 0 Å². The highest BCUT2D eigenvalue weighted by Gasteiger charge is 2.30. The van der Waals surface area contributed by atoms with Crippen molar-refractivity contribution in [3.63, 3.8) is 0 Å². The lowest BCUT2D eigenvalue weighted by molar-refractivity contribution is 0.248. The van der Waals surface area contributed by atoms with E-state index in [0.29, 0.717) is 0 Å². The van der Waals surface area contributed by atoms with Crippen molar-refractivity contribution < 1.29 is 4.74 Å². The second-order valence-electron chi connectivity index (χ2n) is 4.11. The number of rotatable bonds is 3. The van der Waals surface area contributed by atoms with Crippen LogP contribution < -0.4 is 0 Å². The van der Waals surface area contributed by atoms with Crippen LogP contribution in [0.2, 0.25) is 0 Å². The van der Waals surface area contributed by atoms with E-state index in [1.807, 2.05) is 6.26 Å². The third-order valence-corrected chi connectivity index (χ3v) is 3.41. The first-order valence-electron chi connectivity index (χ1n) is 5.14. The van der Waals surface area contributed by atoms with Crippen molar-refractivity contribution in [1.29, 1.82) is 0 Å². The molecule has 0 bridgehead atoms. The Balaban J connectivity index is 1.96. The van der Waals surface area contributed by atoms with Gasteiger partial charge >= 0.3 is 0 Å². The summed E-state index contributed by atoms with van der Waals surface area (Å²) in [6.45, 7) is 0. The summed E-state index contributed by atoms with van der Waals surface area (Å²) < 4.78 is 5.16. The molecule has 0 amide bonds. The Hall–Kier alpha value is -0.460. The van der Waals surface area contributed by atoms with Gasteiger partial charge < -0.3 is 4.74 Å². The normalized spacial score (nSPS) is 24.1. The Labute approximate surface area is 74.8 Å². The summed E-state index contributed by atoms with van der Waals surface area (Å²) in [5.41, 5.74) is 1.62. The van der Waals surface area contributed by atoms with Gasteiger partial charge in [0.2, 0.25) is 0 Å². The van der Waals surface area contributed by atoms with Crippen LogP contribution in [0.4, 0.5) is 0 Å². The highest BCUT2D eigenvalue weighted by Crippen LogP contribution is 2.43. The van der Waals surface area contributed by atoms with Crippen LogP contribution in [0.3, 0.4) is 0 Å². The maximum Gasteiger partial charge on any atom is 0.0822 e. The summed E-state index contributed by atoms with van der Waals surface area (Å²) in [6.07, 6.45) is 10.5. The van der Waals surface area contributed by atoms with Gasteiger partial charge in [0.05, 0.1) is 13.4 Å². The molecule has 1 nitrogen and oxygen atoms in total. The summed E-state index contributed by atoms with van der Waals surface area (Å²) in [4.78, 5) is 0. The Morgan fingerprint density at radius 3 is 1.83 bits per heavy atom. The molecule has 12 heavy (non-hydrogen) atoms. The first kappa shape index (κ1) is 8.15. The van der Waals surface area contributed by atoms with Crippen molar-refractivity contribution in [3.8, 4) is 0 Å². The molecular formula is C11H18O. The van der Waals surface area contributed by atoms with Gasteiger partial charge in [0, 0.05) is 0 Å². The molecule has 0 saturated heterocycles. The highest BCUT2D eigenvalue weighted by molar-refractivity contribution is 5.13. The van der Waals surface area contributed by atoms with Crippen molar-refractivity contribution in [1.82, 2.24) is 0 Å². The largest absolute Gasteiger partial charge is 0.504 e. The predicted octanol–water partition coefficient (Wildman–Crippen LogP) is 3.12. The Bertz CT molecular complexity index is 159. The van der Waals surface area contributed by atoms with Crippen LogP contribution in [-0.4, -0.2) is 7.11 Å². The van der Waals surface area contributed by atoms with E-state index in [9.17, 15) is 0 Å². The van der Waals surface area contributed by atoms with Crippen molar-refractivity contribution in [2.24, 2.45) is 11.8 Å². The number of allylic oxidation sites excluding steroid dienone is 1. The zero-order valence-corrected chi connectivity index (χ0v) is 7.88. The minimum atomic E-state index is 0.884. The molecule has 0 heterocycles. The van der Waals surface area contributed by atoms with E-state index in [1.165, 1.54) is 38.5 Å². The maximum atomic E-state index is 5.16. The molecule has 0 aromatic rings. The van der Waals surface area contributed by atoms with E-state index >= 15 is 0 Å². The molecule has 68 valence electrons. The van der Waals surface area contributed by atoms with E-state index < -0.39 is 0 Å². The molecule has 2 aliphatic carbocycles. The summed E-state index contributed by atoms with van der Waals surface area (Å²) >= 11 is 0. The molecule has 0 atom stereocenters. The van der Waals surface area contributed by atoms with Gasteiger partial charge in [-0.05, 0) is 43.1 Å². The zero-order chi connectivity index (χ0) is 8.39. The average Bonchev–Trinajstić information content (AvgIpc) is 1.79. The Morgan fingerprint density at radius 1 is 1.08 bits per heavy atom. The smallest absolute Gasteiger partial charge is 0.0822 e. The second-order valence-corrected chi connectivity index (χ2v) is 4.11. The van der Waals surface area contributed by atoms with E-state index in [0.717, 1.165) is 11.8 Å². The molecule has 0 N–H and O–H groups in total. The number of hydrogen-bond donors (Lipinski definition) is 0. The minimum absolute atomic E-state index is 0.884. The molecule has 0 radical (unpaired) electrons. The van der Waals surface area contributed by atoms with Crippen molar-refractivity contribution in [2.75, 3.05) is 7.11 Å².